The number of alkyl halides is 3. The van der Waals surface area contributed by atoms with Gasteiger partial charge in [0.25, 0.3) is 0 Å². The molecule has 4 heteroatoms. The van der Waals surface area contributed by atoms with Crippen LogP contribution in [0.1, 0.15) is 24.0 Å². The lowest BCUT2D eigenvalue weighted by atomic mass is 10.1. The van der Waals surface area contributed by atoms with Crippen molar-refractivity contribution in [1.82, 2.24) is 0 Å². The molecule has 1 N–H and O–H groups in total. The standard InChI is InChI=1S/C12H16F3N/c1-9-4-5-11(10(2)8-9)16-7-3-6-12(13,14)15/h4-5,8,16H,3,6-7H2,1-2H3. The highest BCUT2D eigenvalue weighted by molar-refractivity contribution is 5.51. The highest BCUT2D eigenvalue weighted by Gasteiger charge is 2.25. The molecule has 90 valence electrons. The number of halogens is 3. The maximum Gasteiger partial charge on any atom is 0.389 e. The van der Waals surface area contributed by atoms with Crippen molar-refractivity contribution in [1.29, 1.82) is 0 Å². The molecular weight excluding hydrogens is 215 g/mol. The molecule has 1 aromatic rings. The Morgan fingerprint density at radius 3 is 2.44 bits per heavy atom. The maximum atomic E-state index is 11.9. The third kappa shape index (κ3) is 4.55. The minimum Gasteiger partial charge on any atom is -0.385 e. The lowest BCUT2D eigenvalue weighted by Crippen LogP contribution is -2.11. The van der Waals surface area contributed by atoms with Crippen molar-refractivity contribution in [3.63, 3.8) is 0 Å². The molecule has 16 heavy (non-hydrogen) atoms. The molecule has 1 aromatic carbocycles. The van der Waals surface area contributed by atoms with E-state index < -0.39 is 12.6 Å². The lowest BCUT2D eigenvalue weighted by molar-refractivity contribution is -0.134. The van der Waals surface area contributed by atoms with Gasteiger partial charge in [0.05, 0.1) is 0 Å². The molecule has 0 atom stereocenters. The molecule has 0 bridgehead atoms. The van der Waals surface area contributed by atoms with Crippen molar-refractivity contribution in [3.8, 4) is 0 Å². The lowest BCUT2D eigenvalue weighted by Gasteiger charge is -2.11. The number of benzene rings is 1. The average Bonchev–Trinajstić information content (AvgIpc) is 2.13. The van der Waals surface area contributed by atoms with Gasteiger partial charge in [-0.2, -0.15) is 13.2 Å². The van der Waals surface area contributed by atoms with Gasteiger partial charge in [0.15, 0.2) is 0 Å². The highest BCUT2D eigenvalue weighted by Crippen LogP contribution is 2.22. The summed E-state index contributed by atoms with van der Waals surface area (Å²) >= 11 is 0. The zero-order valence-electron chi connectivity index (χ0n) is 9.49. The average molecular weight is 231 g/mol. The van der Waals surface area contributed by atoms with Crippen LogP contribution in [0, 0.1) is 13.8 Å². The van der Waals surface area contributed by atoms with Gasteiger partial charge in [0.1, 0.15) is 0 Å². The Labute approximate surface area is 93.7 Å². The topological polar surface area (TPSA) is 12.0 Å². The molecular formula is C12H16F3N. The van der Waals surface area contributed by atoms with E-state index in [2.05, 4.69) is 5.32 Å². The molecule has 0 unspecified atom stereocenters. The molecule has 0 aromatic heterocycles. The predicted octanol–water partition coefficient (Wildman–Crippen LogP) is 4.06. The molecule has 0 aliphatic carbocycles. The van der Waals surface area contributed by atoms with Crippen LogP contribution in [-0.2, 0) is 0 Å². The third-order valence-electron chi connectivity index (χ3n) is 2.33. The highest BCUT2D eigenvalue weighted by atomic mass is 19.4. The van der Waals surface area contributed by atoms with Crippen molar-refractivity contribution < 1.29 is 13.2 Å². The number of rotatable bonds is 4. The Hall–Kier alpha value is -1.19. The molecule has 0 spiro atoms. The minimum atomic E-state index is -4.05. The minimum absolute atomic E-state index is 0.108. The number of hydrogen-bond acceptors (Lipinski definition) is 1. The summed E-state index contributed by atoms with van der Waals surface area (Å²) in [6, 6.07) is 5.85. The normalized spacial score (nSPS) is 11.6. The van der Waals surface area contributed by atoms with Crippen LogP contribution in [0.3, 0.4) is 0 Å². The Morgan fingerprint density at radius 2 is 1.88 bits per heavy atom. The van der Waals surface area contributed by atoms with Gasteiger partial charge in [-0.05, 0) is 31.9 Å². The second-order valence-corrected chi connectivity index (χ2v) is 3.96. The SMILES string of the molecule is Cc1ccc(NCCCC(F)(F)F)c(C)c1. The summed E-state index contributed by atoms with van der Waals surface area (Å²) in [5, 5.41) is 3.01. The van der Waals surface area contributed by atoms with Crippen molar-refractivity contribution in [3.05, 3.63) is 29.3 Å². The van der Waals surface area contributed by atoms with Gasteiger partial charge in [-0.1, -0.05) is 17.7 Å². The van der Waals surface area contributed by atoms with Crippen LogP contribution in [0.4, 0.5) is 18.9 Å². The summed E-state index contributed by atoms with van der Waals surface area (Å²) in [6.45, 7) is 4.28. The van der Waals surface area contributed by atoms with E-state index in [-0.39, 0.29) is 6.42 Å². The molecule has 1 rings (SSSR count). The summed E-state index contributed by atoms with van der Waals surface area (Å²) in [6.07, 6.45) is -4.67. The van der Waals surface area contributed by atoms with Crippen LogP contribution in [0.15, 0.2) is 18.2 Å². The van der Waals surface area contributed by atoms with Crippen molar-refractivity contribution in [2.45, 2.75) is 32.9 Å². The fourth-order valence-corrected chi connectivity index (χ4v) is 1.52. The van der Waals surface area contributed by atoms with Gasteiger partial charge in [0.2, 0.25) is 0 Å². The molecule has 0 heterocycles. The monoisotopic (exact) mass is 231 g/mol. The van der Waals surface area contributed by atoms with Crippen LogP contribution >= 0.6 is 0 Å². The van der Waals surface area contributed by atoms with E-state index in [4.69, 9.17) is 0 Å². The second kappa shape index (κ2) is 5.23. The zero-order valence-corrected chi connectivity index (χ0v) is 9.49. The van der Waals surface area contributed by atoms with Crippen LogP contribution in [0.25, 0.3) is 0 Å². The molecule has 0 aliphatic rings. The van der Waals surface area contributed by atoms with E-state index in [0.717, 1.165) is 16.8 Å². The molecule has 1 nitrogen and oxygen atoms in total. The molecule has 0 saturated heterocycles. The van der Waals surface area contributed by atoms with Gasteiger partial charge in [-0.15, -0.1) is 0 Å². The van der Waals surface area contributed by atoms with E-state index in [9.17, 15) is 13.2 Å². The Balaban J connectivity index is 2.38. The Morgan fingerprint density at radius 1 is 1.19 bits per heavy atom. The Bertz CT molecular complexity index is 345. The second-order valence-electron chi connectivity index (χ2n) is 3.96. The number of nitrogens with one attached hydrogen (secondary N) is 1. The summed E-state index contributed by atoms with van der Waals surface area (Å²) in [4.78, 5) is 0. The van der Waals surface area contributed by atoms with Crippen molar-refractivity contribution in [2.75, 3.05) is 11.9 Å². The molecule has 0 saturated carbocycles. The fraction of sp³-hybridized carbons (Fsp3) is 0.500. The van der Waals surface area contributed by atoms with Gasteiger partial charge >= 0.3 is 6.18 Å². The maximum absolute atomic E-state index is 11.9. The van der Waals surface area contributed by atoms with E-state index in [1.807, 2.05) is 32.0 Å². The number of anilines is 1. The number of aryl methyl sites for hydroxylation is 2. The number of hydrogen-bond donors (Lipinski definition) is 1. The predicted molar refractivity (Wildman–Crippen MR) is 59.7 cm³/mol. The zero-order chi connectivity index (χ0) is 12.2. The molecule has 0 radical (unpaired) electrons. The van der Waals surface area contributed by atoms with E-state index in [1.54, 1.807) is 0 Å². The molecule has 0 aliphatic heterocycles. The first-order valence-corrected chi connectivity index (χ1v) is 5.26. The quantitative estimate of drug-likeness (QED) is 0.770. The van der Waals surface area contributed by atoms with Crippen molar-refractivity contribution >= 4 is 5.69 Å². The molecule has 0 amide bonds. The smallest absolute Gasteiger partial charge is 0.385 e. The summed E-state index contributed by atoms with van der Waals surface area (Å²) < 4.78 is 35.7. The summed E-state index contributed by atoms with van der Waals surface area (Å²) in [7, 11) is 0. The third-order valence-corrected chi connectivity index (χ3v) is 2.33. The first-order chi connectivity index (χ1) is 7.38. The van der Waals surface area contributed by atoms with Crippen LogP contribution in [0.2, 0.25) is 0 Å². The Kier molecular flexibility index (Phi) is 4.21. The summed E-state index contributed by atoms with van der Waals surface area (Å²) in [5.74, 6) is 0. The van der Waals surface area contributed by atoms with E-state index >= 15 is 0 Å². The van der Waals surface area contributed by atoms with E-state index in [0.29, 0.717) is 6.54 Å². The summed E-state index contributed by atoms with van der Waals surface area (Å²) in [5.41, 5.74) is 3.12. The largest absolute Gasteiger partial charge is 0.389 e. The van der Waals surface area contributed by atoms with Gasteiger partial charge in [-0.3, -0.25) is 0 Å². The van der Waals surface area contributed by atoms with Crippen molar-refractivity contribution in [2.24, 2.45) is 0 Å². The van der Waals surface area contributed by atoms with Gasteiger partial charge in [-0.25, -0.2) is 0 Å². The van der Waals surface area contributed by atoms with E-state index in [1.165, 1.54) is 0 Å². The fourth-order valence-electron chi connectivity index (χ4n) is 1.52. The van der Waals surface area contributed by atoms with Gasteiger partial charge < -0.3 is 5.32 Å². The first-order valence-electron chi connectivity index (χ1n) is 5.26. The van der Waals surface area contributed by atoms with Crippen LogP contribution in [0.5, 0.6) is 0 Å². The molecule has 0 fully saturated rings. The van der Waals surface area contributed by atoms with Crippen LogP contribution in [-0.4, -0.2) is 12.7 Å². The first kappa shape index (κ1) is 12.9. The van der Waals surface area contributed by atoms with Crippen LogP contribution < -0.4 is 5.32 Å². The van der Waals surface area contributed by atoms with Gasteiger partial charge in [0, 0.05) is 18.7 Å².